The number of hydrogen-bond acceptors (Lipinski definition) is 3. The van der Waals surface area contributed by atoms with Crippen LogP contribution in [-0.4, -0.2) is 25.8 Å². The van der Waals surface area contributed by atoms with E-state index in [1.165, 1.54) is 19.3 Å². The molecule has 0 bridgehead atoms. The first kappa shape index (κ1) is 33.8. The molecule has 1 unspecified atom stereocenters. The largest absolute Gasteiger partial charge is 0.327 e. The first-order valence-corrected chi connectivity index (χ1v) is 14.2. The van der Waals surface area contributed by atoms with E-state index < -0.39 is 40.6 Å². The van der Waals surface area contributed by atoms with E-state index >= 15 is 0 Å². The number of ether oxygens (including phenoxy) is 3. The molecule has 0 amide bonds. The zero-order chi connectivity index (χ0) is 27.7. The van der Waals surface area contributed by atoms with Crippen LogP contribution in [-0.2, 0) is 20.6 Å². The van der Waals surface area contributed by atoms with Crippen LogP contribution < -0.4 is 0 Å². The van der Waals surface area contributed by atoms with Crippen molar-refractivity contribution >= 4 is 0 Å². The molecule has 0 saturated carbocycles. The molecule has 0 radical (unpaired) electrons. The molecule has 1 atom stereocenters. The standard InChI is InChI=1S/C29H47F5O3/c1-5-9-10-11-12-13-16-22(29(35-19-6-2,36-20-7-3)37-21-8-4)17-14-15-18-23-24(30)26(32)28(34)27(33)25(23)31/h22H,5-21H2,1-4H3. The van der Waals surface area contributed by atoms with Crippen molar-refractivity contribution in [3.63, 3.8) is 0 Å². The van der Waals surface area contributed by atoms with Crippen molar-refractivity contribution in [2.24, 2.45) is 5.92 Å². The summed E-state index contributed by atoms with van der Waals surface area (Å²) in [6.45, 7) is 9.60. The molecular weight excluding hydrogens is 491 g/mol. The van der Waals surface area contributed by atoms with Crippen molar-refractivity contribution in [1.29, 1.82) is 0 Å². The van der Waals surface area contributed by atoms with Gasteiger partial charge in [-0.3, -0.25) is 0 Å². The highest BCUT2D eigenvalue weighted by atomic mass is 19.2. The summed E-state index contributed by atoms with van der Waals surface area (Å²) < 4.78 is 87.5. The van der Waals surface area contributed by atoms with Gasteiger partial charge in [-0.1, -0.05) is 72.6 Å². The van der Waals surface area contributed by atoms with Gasteiger partial charge in [-0.15, -0.1) is 0 Å². The monoisotopic (exact) mass is 538 g/mol. The highest BCUT2D eigenvalue weighted by Gasteiger charge is 2.42. The van der Waals surface area contributed by atoms with Crippen LogP contribution in [0.25, 0.3) is 0 Å². The summed E-state index contributed by atoms with van der Waals surface area (Å²) in [5.74, 6) is -10.8. The Morgan fingerprint density at radius 3 is 1.38 bits per heavy atom. The first-order valence-electron chi connectivity index (χ1n) is 14.2. The van der Waals surface area contributed by atoms with E-state index in [1.54, 1.807) is 0 Å². The Morgan fingerprint density at radius 2 is 0.919 bits per heavy atom. The lowest BCUT2D eigenvalue weighted by Gasteiger charge is -2.40. The fourth-order valence-electron chi connectivity index (χ4n) is 4.44. The summed E-state index contributed by atoms with van der Waals surface area (Å²) in [7, 11) is 0. The predicted octanol–water partition coefficient (Wildman–Crippen LogP) is 9.40. The molecule has 0 heterocycles. The second kappa shape index (κ2) is 18.9. The van der Waals surface area contributed by atoms with Crippen LogP contribution in [0.15, 0.2) is 0 Å². The smallest absolute Gasteiger partial charge is 0.285 e. The molecule has 0 aliphatic rings. The van der Waals surface area contributed by atoms with Gasteiger partial charge in [-0.2, -0.15) is 0 Å². The van der Waals surface area contributed by atoms with E-state index in [-0.39, 0.29) is 18.8 Å². The quantitative estimate of drug-likeness (QED) is 0.0484. The third kappa shape index (κ3) is 10.8. The van der Waals surface area contributed by atoms with Gasteiger partial charge >= 0.3 is 0 Å². The third-order valence-electron chi connectivity index (χ3n) is 6.46. The Hall–Kier alpha value is -1.25. The van der Waals surface area contributed by atoms with E-state index in [0.717, 1.165) is 44.9 Å². The van der Waals surface area contributed by atoms with Gasteiger partial charge < -0.3 is 14.2 Å². The third-order valence-corrected chi connectivity index (χ3v) is 6.46. The Bertz CT molecular complexity index is 709. The van der Waals surface area contributed by atoms with Gasteiger partial charge in [0.25, 0.3) is 5.97 Å². The Balaban J connectivity index is 3.01. The van der Waals surface area contributed by atoms with Crippen LogP contribution in [0.3, 0.4) is 0 Å². The van der Waals surface area contributed by atoms with Gasteiger partial charge in [-0.05, 0) is 44.9 Å². The molecule has 1 rings (SSSR count). The molecule has 0 spiro atoms. The first-order chi connectivity index (χ1) is 17.8. The van der Waals surface area contributed by atoms with Crippen LogP contribution in [0, 0.1) is 35.0 Å². The van der Waals surface area contributed by atoms with E-state index in [1.807, 2.05) is 20.8 Å². The second-order valence-corrected chi connectivity index (χ2v) is 9.70. The Morgan fingerprint density at radius 1 is 0.514 bits per heavy atom. The zero-order valence-electron chi connectivity index (χ0n) is 23.2. The van der Waals surface area contributed by atoms with Crippen molar-refractivity contribution in [2.75, 3.05) is 19.8 Å². The molecule has 0 aliphatic heterocycles. The maximum Gasteiger partial charge on any atom is 0.285 e. The summed E-state index contributed by atoms with van der Waals surface area (Å²) >= 11 is 0. The normalized spacial score (nSPS) is 12.9. The van der Waals surface area contributed by atoms with E-state index in [9.17, 15) is 22.0 Å². The Kier molecular flexibility index (Phi) is 17.3. The van der Waals surface area contributed by atoms with Crippen molar-refractivity contribution in [2.45, 2.75) is 124 Å². The van der Waals surface area contributed by atoms with E-state index in [2.05, 4.69) is 6.92 Å². The average Bonchev–Trinajstić information content (AvgIpc) is 2.91. The van der Waals surface area contributed by atoms with Crippen LogP contribution in [0.1, 0.15) is 117 Å². The second-order valence-electron chi connectivity index (χ2n) is 9.70. The summed E-state index contributed by atoms with van der Waals surface area (Å²) in [5, 5.41) is 0. The minimum atomic E-state index is -2.13. The number of benzene rings is 1. The summed E-state index contributed by atoms with van der Waals surface area (Å²) in [4.78, 5) is 0. The highest BCUT2D eigenvalue weighted by molar-refractivity contribution is 5.24. The van der Waals surface area contributed by atoms with Gasteiger partial charge in [0.1, 0.15) is 0 Å². The lowest BCUT2D eigenvalue weighted by atomic mass is 9.91. The lowest BCUT2D eigenvalue weighted by Crippen LogP contribution is -2.47. The zero-order valence-corrected chi connectivity index (χ0v) is 23.2. The van der Waals surface area contributed by atoms with Crippen LogP contribution in [0.5, 0.6) is 0 Å². The number of unbranched alkanes of at least 4 members (excludes halogenated alkanes) is 6. The van der Waals surface area contributed by atoms with Crippen LogP contribution >= 0.6 is 0 Å². The Labute approximate surface area is 220 Å². The van der Waals surface area contributed by atoms with E-state index in [0.29, 0.717) is 32.7 Å². The molecule has 0 fully saturated rings. The number of hydrogen-bond donors (Lipinski definition) is 0. The van der Waals surface area contributed by atoms with Crippen molar-refractivity contribution in [3.05, 3.63) is 34.6 Å². The lowest BCUT2D eigenvalue weighted by molar-refractivity contribution is -0.406. The maximum absolute atomic E-state index is 14.1. The predicted molar refractivity (Wildman–Crippen MR) is 137 cm³/mol. The summed E-state index contributed by atoms with van der Waals surface area (Å²) in [6, 6.07) is 0. The SMILES string of the molecule is CCCCCCCCC(CCCCc1c(F)c(F)c(F)c(F)c1F)C(OCCC)(OCCC)OCCC. The van der Waals surface area contributed by atoms with Gasteiger partial charge in [-0.25, -0.2) is 22.0 Å². The molecule has 216 valence electrons. The minimum absolute atomic E-state index is 0.125. The van der Waals surface area contributed by atoms with Crippen molar-refractivity contribution in [3.8, 4) is 0 Å². The molecule has 0 saturated heterocycles. The van der Waals surface area contributed by atoms with Crippen LogP contribution in [0.2, 0.25) is 0 Å². The van der Waals surface area contributed by atoms with Crippen LogP contribution in [0.4, 0.5) is 22.0 Å². The number of halogens is 5. The van der Waals surface area contributed by atoms with Crippen molar-refractivity contribution < 1.29 is 36.2 Å². The molecule has 37 heavy (non-hydrogen) atoms. The molecule has 3 nitrogen and oxygen atoms in total. The molecular formula is C29H47F5O3. The van der Waals surface area contributed by atoms with Gasteiger partial charge in [0.15, 0.2) is 23.3 Å². The average molecular weight is 539 g/mol. The van der Waals surface area contributed by atoms with Gasteiger partial charge in [0, 0.05) is 11.5 Å². The molecule has 0 N–H and O–H groups in total. The fourth-order valence-corrected chi connectivity index (χ4v) is 4.44. The molecule has 0 aliphatic carbocycles. The topological polar surface area (TPSA) is 27.7 Å². The molecule has 1 aromatic rings. The molecule has 1 aromatic carbocycles. The van der Waals surface area contributed by atoms with Gasteiger partial charge in [0.05, 0.1) is 19.8 Å². The minimum Gasteiger partial charge on any atom is -0.327 e. The maximum atomic E-state index is 14.1. The highest BCUT2D eigenvalue weighted by Crippen LogP contribution is 2.35. The fraction of sp³-hybridized carbons (Fsp3) is 0.793. The molecule has 8 heteroatoms. The number of rotatable bonds is 22. The van der Waals surface area contributed by atoms with E-state index in [4.69, 9.17) is 14.2 Å². The summed E-state index contributed by atoms with van der Waals surface area (Å²) in [5.41, 5.74) is -0.762. The molecule has 0 aromatic heterocycles. The summed E-state index contributed by atoms with van der Waals surface area (Å²) in [6.07, 6.45) is 11.0. The van der Waals surface area contributed by atoms with Gasteiger partial charge in [0.2, 0.25) is 5.82 Å². The van der Waals surface area contributed by atoms with Crippen molar-refractivity contribution in [1.82, 2.24) is 0 Å².